The summed E-state index contributed by atoms with van der Waals surface area (Å²) in [6.45, 7) is 2.10. The van der Waals surface area contributed by atoms with Crippen LogP contribution in [0.1, 0.15) is 40.5 Å². The van der Waals surface area contributed by atoms with E-state index in [0.29, 0.717) is 12.2 Å². The van der Waals surface area contributed by atoms with Gasteiger partial charge in [-0.15, -0.1) is 0 Å². The van der Waals surface area contributed by atoms with Gasteiger partial charge in [-0.3, -0.25) is 4.79 Å². The summed E-state index contributed by atoms with van der Waals surface area (Å²) >= 11 is 3.59. The Bertz CT molecular complexity index is 1170. The normalized spacial score (nSPS) is 24.1. The molecule has 2 aliphatic rings. The number of halogens is 1. The fourth-order valence-electron chi connectivity index (χ4n) is 4.90. The summed E-state index contributed by atoms with van der Waals surface area (Å²) in [6.07, 6.45) is 0. The molecule has 3 aromatic rings. The highest BCUT2D eigenvalue weighted by Crippen LogP contribution is 2.49. The maximum absolute atomic E-state index is 13.7. The van der Waals surface area contributed by atoms with Crippen LogP contribution >= 0.6 is 15.9 Å². The summed E-state index contributed by atoms with van der Waals surface area (Å²) < 4.78 is 6.06. The van der Waals surface area contributed by atoms with E-state index in [2.05, 4.69) is 51.0 Å². The van der Waals surface area contributed by atoms with E-state index < -0.39 is 0 Å². The molecule has 0 aliphatic carbocycles. The third-order valence-corrected chi connectivity index (χ3v) is 6.81. The lowest BCUT2D eigenvalue weighted by Crippen LogP contribution is -2.41. The van der Waals surface area contributed by atoms with E-state index in [-0.39, 0.29) is 35.9 Å². The molecule has 168 valence electrons. The van der Waals surface area contributed by atoms with Crippen LogP contribution in [0.5, 0.6) is 0 Å². The number of carbonyl (C=O) groups excluding carboxylic acids is 2. The first-order chi connectivity index (χ1) is 16.1. The number of hydrogen-bond donors (Lipinski definition) is 2. The number of nitrogens with zero attached hydrogens (tertiary/aromatic N) is 1. The van der Waals surface area contributed by atoms with Gasteiger partial charge in [0, 0.05) is 16.1 Å². The highest BCUT2D eigenvalue weighted by atomic mass is 79.9. The van der Waals surface area contributed by atoms with Crippen LogP contribution in [0.2, 0.25) is 0 Å². The third kappa shape index (κ3) is 3.97. The van der Waals surface area contributed by atoms with Crippen molar-refractivity contribution in [1.82, 2.24) is 10.9 Å². The van der Waals surface area contributed by atoms with Crippen LogP contribution in [-0.4, -0.2) is 24.5 Å². The van der Waals surface area contributed by atoms with Gasteiger partial charge >= 0.3 is 5.97 Å². The van der Waals surface area contributed by atoms with Gasteiger partial charge in [-0.05, 0) is 54.4 Å². The summed E-state index contributed by atoms with van der Waals surface area (Å²) in [5, 5.41) is 0. The van der Waals surface area contributed by atoms with E-state index in [1.54, 1.807) is 19.1 Å². The first-order valence-corrected chi connectivity index (χ1v) is 11.8. The van der Waals surface area contributed by atoms with Crippen molar-refractivity contribution in [2.45, 2.75) is 25.0 Å². The number of hydrogen-bond acceptors (Lipinski definition) is 5. The van der Waals surface area contributed by atoms with Crippen molar-refractivity contribution >= 4 is 33.5 Å². The fraction of sp³-hybridized carbons (Fsp3) is 0.231. The summed E-state index contributed by atoms with van der Waals surface area (Å²) in [4.78, 5) is 27.6. The summed E-state index contributed by atoms with van der Waals surface area (Å²) in [5.74, 6) is -0.397. The lowest BCUT2D eigenvalue weighted by atomic mass is 9.83. The molecule has 1 amide bonds. The Morgan fingerprint density at radius 3 is 2.33 bits per heavy atom. The van der Waals surface area contributed by atoms with Crippen molar-refractivity contribution in [2.24, 2.45) is 5.92 Å². The molecule has 4 atom stereocenters. The molecule has 2 heterocycles. The van der Waals surface area contributed by atoms with E-state index in [1.165, 1.54) is 0 Å². The first kappa shape index (κ1) is 21.8. The second-order valence-electron chi connectivity index (χ2n) is 8.21. The van der Waals surface area contributed by atoms with Crippen LogP contribution in [0, 0.1) is 5.92 Å². The van der Waals surface area contributed by atoms with Gasteiger partial charge < -0.3 is 9.64 Å². The number of fused-ring (bicyclic) bond motifs is 1. The predicted molar refractivity (Wildman–Crippen MR) is 129 cm³/mol. The molecule has 2 aliphatic heterocycles. The molecule has 0 spiro atoms. The standard InChI is InChI=1S/C26H24BrN3O3/c1-2-33-26(32)17-11-13-20(14-12-17)30-24(18-9-6-10-19(27)15-18)21-22(16-7-4-3-5-8-16)28-29-23(21)25(30)31/h3-15,21-24,28-29H,2H2,1H3. The van der Waals surface area contributed by atoms with Crippen LogP contribution in [-0.2, 0) is 9.53 Å². The minimum Gasteiger partial charge on any atom is -0.462 e. The molecule has 0 bridgehead atoms. The summed E-state index contributed by atoms with van der Waals surface area (Å²) in [7, 11) is 0. The quantitative estimate of drug-likeness (QED) is 0.497. The Hall–Kier alpha value is -3.00. The number of anilines is 1. The number of hydrazine groups is 1. The minimum absolute atomic E-state index is 0.000193. The molecule has 33 heavy (non-hydrogen) atoms. The smallest absolute Gasteiger partial charge is 0.338 e. The third-order valence-electron chi connectivity index (χ3n) is 6.32. The van der Waals surface area contributed by atoms with Gasteiger partial charge in [0.1, 0.15) is 6.04 Å². The summed E-state index contributed by atoms with van der Waals surface area (Å²) in [5.41, 5.74) is 10.0. The van der Waals surface area contributed by atoms with Gasteiger partial charge in [-0.2, -0.15) is 0 Å². The second-order valence-corrected chi connectivity index (χ2v) is 9.12. The monoisotopic (exact) mass is 505 g/mol. The molecule has 0 aromatic heterocycles. The average Bonchev–Trinajstić information content (AvgIpc) is 3.39. The van der Waals surface area contributed by atoms with Crippen molar-refractivity contribution in [2.75, 3.05) is 11.5 Å². The molecule has 4 unspecified atom stereocenters. The van der Waals surface area contributed by atoms with E-state index >= 15 is 0 Å². The lowest BCUT2D eigenvalue weighted by molar-refractivity contribution is -0.119. The molecule has 2 N–H and O–H groups in total. The SMILES string of the molecule is CCOC(=O)c1ccc(N2C(=O)C3NNC(c4ccccc4)C3C2c2cccc(Br)c2)cc1. The fourth-order valence-corrected chi connectivity index (χ4v) is 5.32. The molecule has 5 rings (SSSR count). The molecule has 0 saturated carbocycles. The first-order valence-electron chi connectivity index (χ1n) is 11.0. The van der Waals surface area contributed by atoms with Crippen molar-refractivity contribution in [3.8, 4) is 0 Å². The van der Waals surface area contributed by atoms with Crippen LogP contribution in [0.4, 0.5) is 5.69 Å². The predicted octanol–water partition coefficient (Wildman–Crippen LogP) is 4.55. The van der Waals surface area contributed by atoms with E-state index in [9.17, 15) is 9.59 Å². The molecular weight excluding hydrogens is 482 g/mol. The van der Waals surface area contributed by atoms with Gasteiger partial charge in [0.05, 0.1) is 24.3 Å². The van der Waals surface area contributed by atoms with E-state index in [1.807, 2.05) is 47.4 Å². The second kappa shape index (κ2) is 9.09. The Morgan fingerprint density at radius 1 is 0.939 bits per heavy atom. The zero-order valence-electron chi connectivity index (χ0n) is 18.1. The zero-order valence-corrected chi connectivity index (χ0v) is 19.7. The Balaban J connectivity index is 1.57. The van der Waals surface area contributed by atoms with Crippen molar-refractivity contribution in [3.05, 3.63) is 100 Å². The Labute approximate surface area is 201 Å². The largest absolute Gasteiger partial charge is 0.462 e. The van der Waals surface area contributed by atoms with Crippen LogP contribution in [0.15, 0.2) is 83.3 Å². The van der Waals surface area contributed by atoms with Gasteiger partial charge in [-0.25, -0.2) is 15.6 Å². The molecule has 2 fully saturated rings. The number of amides is 1. The zero-order chi connectivity index (χ0) is 22.9. The van der Waals surface area contributed by atoms with Gasteiger partial charge in [0.2, 0.25) is 5.91 Å². The van der Waals surface area contributed by atoms with Gasteiger partial charge in [0.25, 0.3) is 0 Å². The molecule has 6 nitrogen and oxygen atoms in total. The van der Waals surface area contributed by atoms with Crippen molar-refractivity contribution in [1.29, 1.82) is 0 Å². The maximum atomic E-state index is 13.7. The van der Waals surface area contributed by atoms with Crippen molar-refractivity contribution < 1.29 is 14.3 Å². The van der Waals surface area contributed by atoms with E-state index in [4.69, 9.17) is 4.74 Å². The number of rotatable bonds is 5. The molecular formula is C26H24BrN3O3. The minimum atomic E-state index is -0.371. The number of carbonyl (C=O) groups is 2. The highest BCUT2D eigenvalue weighted by Gasteiger charge is 2.55. The van der Waals surface area contributed by atoms with Crippen LogP contribution in [0.25, 0.3) is 0 Å². The number of nitrogens with one attached hydrogen (secondary N) is 2. The number of ether oxygens (including phenoxy) is 1. The lowest BCUT2D eigenvalue weighted by Gasteiger charge is -2.31. The van der Waals surface area contributed by atoms with Gasteiger partial charge in [-0.1, -0.05) is 58.4 Å². The molecule has 3 aromatic carbocycles. The molecule has 7 heteroatoms. The summed E-state index contributed by atoms with van der Waals surface area (Å²) in [6, 6.07) is 24.8. The molecule has 0 radical (unpaired) electrons. The number of esters is 1. The van der Waals surface area contributed by atoms with Crippen LogP contribution < -0.4 is 15.8 Å². The Kier molecular flexibility index (Phi) is 6.01. The topological polar surface area (TPSA) is 70.7 Å². The van der Waals surface area contributed by atoms with Crippen LogP contribution in [0.3, 0.4) is 0 Å². The van der Waals surface area contributed by atoms with Gasteiger partial charge in [0.15, 0.2) is 0 Å². The Morgan fingerprint density at radius 2 is 1.64 bits per heavy atom. The highest BCUT2D eigenvalue weighted by molar-refractivity contribution is 9.10. The molecule has 2 saturated heterocycles. The van der Waals surface area contributed by atoms with E-state index in [0.717, 1.165) is 21.3 Å². The number of benzene rings is 3. The van der Waals surface area contributed by atoms with Crippen molar-refractivity contribution in [3.63, 3.8) is 0 Å². The average molecular weight is 506 g/mol. The maximum Gasteiger partial charge on any atom is 0.338 e.